The van der Waals surface area contributed by atoms with E-state index < -0.39 is 0 Å². The molecule has 2 aromatic rings. The summed E-state index contributed by atoms with van der Waals surface area (Å²) in [7, 11) is 0. The summed E-state index contributed by atoms with van der Waals surface area (Å²) in [6, 6.07) is 3.44. The van der Waals surface area contributed by atoms with Crippen LogP contribution in [0.3, 0.4) is 0 Å². The Morgan fingerprint density at radius 1 is 1.12 bits per heavy atom. The van der Waals surface area contributed by atoms with Crippen LogP contribution < -0.4 is 11.2 Å². The Bertz CT molecular complexity index is 834. The van der Waals surface area contributed by atoms with Gasteiger partial charge in [0.15, 0.2) is 0 Å². The number of aromatic nitrogens is 4. The maximum atomic E-state index is 12.2. The van der Waals surface area contributed by atoms with E-state index in [1.807, 2.05) is 13.8 Å². The second kappa shape index (κ2) is 8.40. The topological polar surface area (TPSA) is 73.0 Å². The Hall–Kier alpha value is -2.28. The molecule has 1 saturated heterocycles. The summed E-state index contributed by atoms with van der Waals surface area (Å²) in [6.07, 6.45) is 7.11. The quantitative estimate of drug-likeness (QED) is 0.780. The normalized spacial score (nSPS) is 16.3. The maximum absolute atomic E-state index is 12.2. The monoisotopic (exact) mass is 357 g/mol. The highest BCUT2D eigenvalue weighted by molar-refractivity contribution is 5.04. The van der Waals surface area contributed by atoms with E-state index in [2.05, 4.69) is 14.9 Å². The molecule has 2 aromatic heterocycles. The van der Waals surface area contributed by atoms with Crippen molar-refractivity contribution >= 4 is 0 Å². The molecule has 1 aliphatic rings. The Balaban J connectivity index is 1.49. The van der Waals surface area contributed by atoms with E-state index in [0.29, 0.717) is 12.5 Å². The van der Waals surface area contributed by atoms with Gasteiger partial charge in [-0.1, -0.05) is 13.8 Å². The average molecular weight is 357 g/mol. The minimum Gasteiger partial charge on any atom is -0.302 e. The molecule has 0 aliphatic carbocycles. The first-order valence-electron chi connectivity index (χ1n) is 9.33. The van der Waals surface area contributed by atoms with Crippen molar-refractivity contribution in [3.05, 3.63) is 57.4 Å². The molecule has 0 saturated carbocycles. The van der Waals surface area contributed by atoms with Crippen molar-refractivity contribution in [1.29, 1.82) is 0 Å². The Kier molecular flexibility index (Phi) is 5.98. The molecule has 26 heavy (non-hydrogen) atoms. The van der Waals surface area contributed by atoms with Crippen LogP contribution >= 0.6 is 0 Å². The largest absolute Gasteiger partial charge is 0.347 e. The smallest absolute Gasteiger partial charge is 0.302 e. The number of rotatable bonds is 6. The zero-order valence-corrected chi connectivity index (χ0v) is 15.5. The lowest BCUT2D eigenvalue weighted by Gasteiger charge is -2.32. The summed E-state index contributed by atoms with van der Waals surface area (Å²) in [5.74, 6) is 0.768. The van der Waals surface area contributed by atoms with Gasteiger partial charge in [-0.3, -0.25) is 13.9 Å². The van der Waals surface area contributed by atoms with Crippen molar-refractivity contribution in [2.45, 2.75) is 45.7 Å². The maximum Gasteiger partial charge on any atom is 0.347 e. The van der Waals surface area contributed by atoms with Crippen LogP contribution in [0, 0.1) is 5.92 Å². The Morgan fingerprint density at radius 2 is 1.88 bits per heavy atom. The van der Waals surface area contributed by atoms with Crippen molar-refractivity contribution < 1.29 is 0 Å². The van der Waals surface area contributed by atoms with Gasteiger partial charge in [-0.05, 0) is 43.8 Å². The lowest BCUT2D eigenvalue weighted by atomic mass is 9.96. The van der Waals surface area contributed by atoms with Gasteiger partial charge in [0.2, 0.25) is 0 Å². The fraction of sp³-hybridized carbons (Fsp3) is 0.579. The molecule has 0 radical (unpaired) electrons. The fourth-order valence-electron chi connectivity index (χ4n) is 3.37. The van der Waals surface area contributed by atoms with Crippen LogP contribution in [0.5, 0.6) is 0 Å². The molecule has 0 bridgehead atoms. The third-order valence-corrected chi connectivity index (χ3v) is 5.09. The first kappa shape index (κ1) is 18.5. The summed E-state index contributed by atoms with van der Waals surface area (Å²) < 4.78 is 3.38. The average Bonchev–Trinajstić information content (AvgIpc) is 2.64. The molecule has 140 valence electrons. The molecule has 7 nitrogen and oxygen atoms in total. The second-order valence-electron chi connectivity index (χ2n) is 7.34. The molecule has 0 unspecified atom stereocenters. The molecule has 0 N–H and O–H groups in total. The van der Waals surface area contributed by atoms with Crippen LogP contribution in [-0.2, 0) is 13.1 Å². The fourth-order valence-corrected chi connectivity index (χ4v) is 3.37. The molecule has 0 spiro atoms. The minimum atomic E-state index is -0.195. The number of piperidine rings is 1. The van der Waals surface area contributed by atoms with Gasteiger partial charge in [0.05, 0.1) is 12.0 Å². The zero-order valence-electron chi connectivity index (χ0n) is 15.5. The number of nitrogens with zero attached hydrogens (tertiary/aromatic N) is 5. The molecule has 3 heterocycles. The summed E-state index contributed by atoms with van der Waals surface area (Å²) in [4.78, 5) is 34.4. The Labute approximate surface area is 153 Å². The zero-order chi connectivity index (χ0) is 18.5. The summed E-state index contributed by atoms with van der Waals surface area (Å²) >= 11 is 0. The molecule has 0 amide bonds. The minimum absolute atomic E-state index is 0.0436. The predicted octanol–water partition coefficient (Wildman–Crippen LogP) is 1.34. The highest BCUT2D eigenvalue weighted by Crippen LogP contribution is 2.18. The third kappa shape index (κ3) is 4.66. The van der Waals surface area contributed by atoms with Gasteiger partial charge >= 0.3 is 5.69 Å². The molecule has 3 rings (SSSR count). The number of hydrogen-bond acceptors (Lipinski definition) is 5. The van der Waals surface area contributed by atoms with Crippen LogP contribution in [0.4, 0.5) is 0 Å². The van der Waals surface area contributed by atoms with Crippen LogP contribution in [0.15, 0.2) is 40.4 Å². The van der Waals surface area contributed by atoms with Crippen LogP contribution in [0.25, 0.3) is 0 Å². The second-order valence-corrected chi connectivity index (χ2v) is 7.34. The summed E-state index contributed by atoms with van der Waals surface area (Å²) in [5.41, 5.74) is 0.702. The lowest BCUT2D eigenvalue weighted by Crippen LogP contribution is -2.39. The van der Waals surface area contributed by atoms with Crippen LogP contribution in [0.2, 0.25) is 0 Å². The predicted molar refractivity (Wildman–Crippen MR) is 100 cm³/mol. The van der Waals surface area contributed by atoms with Crippen molar-refractivity contribution in [2.75, 3.05) is 19.6 Å². The van der Waals surface area contributed by atoms with Gasteiger partial charge in [0, 0.05) is 38.1 Å². The van der Waals surface area contributed by atoms with Crippen molar-refractivity contribution in [2.24, 2.45) is 5.92 Å². The highest BCUT2D eigenvalue weighted by atomic mass is 16.1. The standard InChI is InChI=1S/C19H27N5O2/c1-15(2)17-12-18(25)24(14-21-17)13-16-4-8-22(9-5-16)10-11-23-7-3-6-20-19(23)26/h3,6-7,12,14-16H,4-5,8-11,13H2,1-2H3. The van der Waals surface area contributed by atoms with E-state index >= 15 is 0 Å². The van der Waals surface area contributed by atoms with E-state index in [1.54, 1.807) is 33.8 Å². The van der Waals surface area contributed by atoms with E-state index in [9.17, 15) is 9.59 Å². The molecule has 1 fully saturated rings. The van der Waals surface area contributed by atoms with Gasteiger partial charge in [-0.25, -0.2) is 14.8 Å². The third-order valence-electron chi connectivity index (χ3n) is 5.09. The van der Waals surface area contributed by atoms with Gasteiger partial charge < -0.3 is 4.90 Å². The first-order valence-corrected chi connectivity index (χ1v) is 9.33. The SMILES string of the molecule is CC(C)c1cc(=O)n(CC2CCN(CCn3cccnc3=O)CC2)cn1. The molecule has 7 heteroatoms. The van der Waals surface area contributed by atoms with Crippen LogP contribution in [0.1, 0.15) is 38.3 Å². The van der Waals surface area contributed by atoms with E-state index in [-0.39, 0.29) is 17.2 Å². The van der Waals surface area contributed by atoms with Gasteiger partial charge in [0.25, 0.3) is 5.56 Å². The number of likely N-dealkylation sites (tertiary alicyclic amines) is 1. The van der Waals surface area contributed by atoms with Crippen molar-refractivity contribution in [3.63, 3.8) is 0 Å². The van der Waals surface area contributed by atoms with Gasteiger partial charge in [0.1, 0.15) is 0 Å². The van der Waals surface area contributed by atoms with E-state index in [4.69, 9.17) is 0 Å². The summed E-state index contributed by atoms with van der Waals surface area (Å²) in [5, 5.41) is 0. The lowest BCUT2D eigenvalue weighted by molar-refractivity contribution is 0.167. The van der Waals surface area contributed by atoms with E-state index in [0.717, 1.165) is 44.7 Å². The van der Waals surface area contributed by atoms with Crippen LogP contribution in [-0.4, -0.2) is 43.6 Å². The van der Waals surface area contributed by atoms with E-state index in [1.165, 1.54) is 6.20 Å². The molecular formula is C19H27N5O2. The Morgan fingerprint density at radius 3 is 2.54 bits per heavy atom. The van der Waals surface area contributed by atoms with Gasteiger partial charge in [-0.15, -0.1) is 0 Å². The van der Waals surface area contributed by atoms with Crippen molar-refractivity contribution in [3.8, 4) is 0 Å². The highest BCUT2D eigenvalue weighted by Gasteiger charge is 2.20. The molecule has 0 aromatic carbocycles. The van der Waals surface area contributed by atoms with Crippen molar-refractivity contribution in [1.82, 2.24) is 24.0 Å². The molecule has 0 atom stereocenters. The molecule has 1 aliphatic heterocycles. The number of hydrogen-bond donors (Lipinski definition) is 0. The summed E-state index contributed by atoms with van der Waals surface area (Å²) in [6.45, 7) is 8.32. The molecular weight excluding hydrogens is 330 g/mol. The first-order chi connectivity index (χ1) is 12.5. The van der Waals surface area contributed by atoms with Gasteiger partial charge in [-0.2, -0.15) is 0 Å².